The number of hydrogen-bond donors (Lipinski definition) is 1. The van der Waals surface area contributed by atoms with E-state index in [2.05, 4.69) is 0 Å². The molecule has 0 atom stereocenters. The summed E-state index contributed by atoms with van der Waals surface area (Å²) in [5.41, 5.74) is 0.434. The molecule has 0 aliphatic carbocycles. The van der Waals surface area contributed by atoms with E-state index in [1.165, 1.54) is 0 Å². The molecule has 0 fully saturated rings. The summed E-state index contributed by atoms with van der Waals surface area (Å²) in [6.07, 6.45) is -2.72. The number of rotatable bonds is 3. The fourth-order valence-electron chi connectivity index (χ4n) is 3.21. The lowest BCUT2D eigenvalue weighted by Gasteiger charge is -2.19. The molecule has 0 aromatic heterocycles. The molecular formula is C18H15BF4O2. The van der Waals surface area contributed by atoms with Crippen LogP contribution in [0.2, 0.25) is 6.32 Å². The fraction of sp³-hybridized carbons (Fsp3) is 0.278. The van der Waals surface area contributed by atoms with E-state index in [0.717, 1.165) is 36.0 Å². The Hall–Kier alpha value is -2.15. The molecule has 1 heterocycles. The van der Waals surface area contributed by atoms with Crippen molar-refractivity contribution in [1.29, 1.82) is 0 Å². The highest BCUT2D eigenvalue weighted by molar-refractivity contribution is 6.67. The van der Waals surface area contributed by atoms with Gasteiger partial charge in [-0.2, -0.15) is 13.2 Å². The van der Waals surface area contributed by atoms with E-state index in [4.69, 9.17) is 0 Å². The smallest absolute Gasteiger partial charge is 0.417 e. The Morgan fingerprint density at radius 3 is 2.64 bits per heavy atom. The number of carbonyl (C=O) groups excluding carboxylic acids is 1. The van der Waals surface area contributed by atoms with Crippen molar-refractivity contribution in [3.8, 4) is 0 Å². The Labute approximate surface area is 142 Å². The first-order valence-corrected chi connectivity index (χ1v) is 7.95. The minimum absolute atomic E-state index is 0.241. The lowest BCUT2D eigenvalue weighted by molar-refractivity contribution is -0.138. The van der Waals surface area contributed by atoms with Crippen molar-refractivity contribution < 1.29 is 27.4 Å². The van der Waals surface area contributed by atoms with E-state index in [1.54, 1.807) is 18.2 Å². The summed E-state index contributed by atoms with van der Waals surface area (Å²) in [6.45, 7) is -0.615. The molecule has 1 aliphatic rings. The van der Waals surface area contributed by atoms with E-state index in [9.17, 15) is 27.4 Å². The zero-order valence-electron chi connectivity index (χ0n) is 13.2. The summed E-state index contributed by atoms with van der Waals surface area (Å²) in [7, 11) is 0. The molecule has 3 rings (SSSR count). The maximum atomic E-state index is 13.2. The standard InChI is InChI=1S/C18H15BF4O2/c20-13-5-6-14(15(10-13)18(21,22)23)17(24)9-11-3-4-12-2-1-7-19(25)16(12)8-11/h3-6,8,10,25H,1-2,7,9H2. The van der Waals surface area contributed by atoms with Gasteiger partial charge in [0, 0.05) is 12.0 Å². The summed E-state index contributed by atoms with van der Waals surface area (Å²) < 4.78 is 52.3. The second-order valence-corrected chi connectivity index (χ2v) is 6.23. The average Bonchev–Trinajstić information content (AvgIpc) is 2.54. The summed E-state index contributed by atoms with van der Waals surface area (Å²) in [5, 5.41) is 10.0. The van der Waals surface area contributed by atoms with Crippen molar-refractivity contribution >= 4 is 18.2 Å². The second-order valence-electron chi connectivity index (χ2n) is 6.23. The van der Waals surface area contributed by atoms with Gasteiger partial charge in [-0.1, -0.05) is 30.2 Å². The van der Waals surface area contributed by atoms with Crippen molar-refractivity contribution in [2.75, 3.05) is 0 Å². The van der Waals surface area contributed by atoms with E-state index >= 15 is 0 Å². The van der Waals surface area contributed by atoms with Crippen LogP contribution >= 0.6 is 0 Å². The first-order valence-electron chi connectivity index (χ1n) is 7.95. The van der Waals surface area contributed by atoms with Crippen LogP contribution in [0.5, 0.6) is 0 Å². The second kappa shape index (κ2) is 6.63. The van der Waals surface area contributed by atoms with Crippen LogP contribution in [0.25, 0.3) is 0 Å². The highest BCUT2D eigenvalue weighted by Crippen LogP contribution is 2.33. The molecule has 2 nitrogen and oxygen atoms in total. The van der Waals surface area contributed by atoms with E-state index < -0.39 is 35.8 Å². The normalized spacial score (nSPS) is 14.4. The van der Waals surface area contributed by atoms with Crippen molar-refractivity contribution in [2.45, 2.75) is 31.8 Å². The zero-order chi connectivity index (χ0) is 18.2. The summed E-state index contributed by atoms with van der Waals surface area (Å²) in [4.78, 5) is 12.4. The van der Waals surface area contributed by atoms with Crippen LogP contribution in [-0.4, -0.2) is 17.7 Å². The van der Waals surface area contributed by atoms with Crippen LogP contribution in [0.1, 0.15) is 33.5 Å². The monoisotopic (exact) mass is 350 g/mol. The number of ketones is 1. The Morgan fingerprint density at radius 1 is 1.16 bits per heavy atom. The minimum Gasteiger partial charge on any atom is -0.446 e. The zero-order valence-corrected chi connectivity index (χ0v) is 13.2. The van der Waals surface area contributed by atoms with Crippen LogP contribution in [0.15, 0.2) is 36.4 Å². The number of halogens is 4. The topological polar surface area (TPSA) is 37.3 Å². The summed E-state index contributed by atoms with van der Waals surface area (Å²) in [6, 6.07) is 7.21. The molecule has 0 bridgehead atoms. The molecular weight excluding hydrogens is 335 g/mol. The highest BCUT2D eigenvalue weighted by Gasteiger charge is 2.35. The van der Waals surface area contributed by atoms with Gasteiger partial charge in [-0.15, -0.1) is 0 Å². The SMILES string of the molecule is O=C(Cc1ccc2c(c1)B(O)CCC2)c1ccc(F)cc1C(F)(F)F. The third-order valence-corrected chi connectivity index (χ3v) is 4.45. The lowest BCUT2D eigenvalue weighted by atomic mass is 9.53. The molecule has 1 N–H and O–H groups in total. The van der Waals surface area contributed by atoms with Crippen LogP contribution in [0.4, 0.5) is 17.6 Å². The molecule has 2 aromatic rings. The highest BCUT2D eigenvalue weighted by atomic mass is 19.4. The largest absolute Gasteiger partial charge is 0.446 e. The Bertz CT molecular complexity index is 817. The fourth-order valence-corrected chi connectivity index (χ4v) is 3.21. The Balaban J connectivity index is 1.90. The molecule has 130 valence electrons. The summed E-state index contributed by atoms with van der Waals surface area (Å²) in [5.74, 6) is -1.78. The molecule has 0 saturated carbocycles. The molecule has 0 radical (unpaired) electrons. The minimum atomic E-state index is -4.81. The van der Waals surface area contributed by atoms with Crippen LogP contribution < -0.4 is 5.46 Å². The third kappa shape index (κ3) is 3.76. The molecule has 0 spiro atoms. The number of alkyl halides is 3. The maximum absolute atomic E-state index is 13.2. The van der Waals surface area contributed by atoms with Crippen LogP contribution in [-0.2, 0) is 19.0 Å². The Morgan fingerprint density at radius 2 is 1.92 bits per heavy atom. The van der Waals surface area contributed by atoms with Gasteiger partial charge >= 0.3 is 13.1 Å². The lowest BCUT2D eigenvalue weighted by Crippen LogP contribution is -2.36. The van der Waals surface area contributed by atoms with Crippen LogP contribution in [0.3, 0.4) is 0 Å². The molecule has 7 heteroatoms. The van der Waals surface area contributed by atoms with Gasteiger partial charge < -0.3 is 5.02 Å². The number of Topliss-reactive ketones (excluding diaryl/α,β-unsaturated/α-hetero) is 1. The first-order chi connectivity index (χ1) is 11.8. The summed E-state index contributed by atoms with van der Waals surface area (Å²) >= 11 is 0. The first kappa shape index (κ1) is 17.7. The van der Waals surface area contributed by atoms with Crippen LogP contribution in [0, 0.1) is 5.82 Å². The molecule has 2 aromatic carbocycles. The van der Waals surface area contributed by atoms with E-state index in [1.807, 2.05) is 0 Å². The van der Waals surface area contributed by atoms with Crippen molar-refractivity contribution in [3.05, 3.63) is 64.5 Å². The average molecular weight is 350 g/mol. The van der Waals surface area contributed by atoms with Gasteiger partial charge in [-0.3, -0.25) is 4.79 Å². The van der Waals surface area contributed by atoms with Gasteiger partial charge in [0.2, 0.25) is 0 Å². The van der Waals surface area contributed by atoms with E-state index in [-0.39, 0.29) is 6.42 Å². The number of benzene rings is 2. The molecule has 1 aliphatic heterocycles. The molecule has 0 saturated heterocycles. The molecule has 0 amide bonds. The van der Waals surface area contributed by atoms with Crippen molar-refractivity contribution in [3.63, 3.8) is 0 Å². The third-order valence-electron chi connectivity index (χ3n) is 4.45. The predicted molar refractivity (Wildman–Crippen MR) is 86.6 cm³/mol. The van der Waals surface area contributed by atoms with Gasteiger partial charge in [0.05, 0.1) is 5.56 Å². The quantitative estimate of drug-likeness (QED) is 0.523. The van der Waals surface area contributed by atoms with Crippen molar-refractivity contribution in [2.24, 2.45) is 0 Å². The number of hydrogen-bond acceptors (Lipinski definition) is 2. The predicted octanol–water partition coefficient (Wildman–Crippen LogP) is 3.41. The van der Waals surface area contributed by atoms with Gasteiger partial charge in [-0.05, 0) is 42.0 Å². The Kier molecular flexibility index (Phi) is 4.69. The maximum Gasteiger partial charge on any atom is 0.417 e. The number of carbonyl (C=O) groups is 1. The molecule has 25 heavy (non-hydrogen) atoms. The van der Waals surface area contributed by atoms with Gasteiger partial charge in [0.1, 0.15) is 5.82 Å². The number of fused-ring (bicyclic) bond motifs is 1. The van der Waals surface area contributed by atoms with Crippen molar-refractivity contribution in [1.82, 2.24) is 0 Å². The van der Waals surface area contributed by atoms with Gasteiger partial charge in [0.15, 0.2) is 5.78 Å². The molecule has 0 unspecified atom stereocenters. The van der Waals surface area contributed by atoms with Gasteiger partial charge in [0.25, 0.3) is 0 Å². The number of aryl methyl sites for hydroxylation is 1. The van der Waals surface area contributed by atoms with Gasteiger partial charge in [-0.25, -0.2) is 4.39 Å². The van der Waals surface area contributed by atoms with E-state index in [0.29, 0.717) is 17.9 Å².